The van der Waals surface area contributed by atoms with Crippen LogP contribution in [-0.2, 0) is 9.84 Å². The summed E-state index contributed by atoms with van der Waals surface area (Å²) < 4.78 is 23.4. The van der Waals surface area contributed by atoms with Crippen molar-refractivity contribution in [2.75, 3.05) is 12.8 Å². The lowest BCUT2D eigenvalue weighted by atomic mass is 10.0. The minimum atomic E-state index is -3.10. The molecule has 18 heavy (non-hydrogen) atoms. The van der Waals surface area contributed by atoms with Crippen LogP contribution >= 0.6 is 11.6 Å². The molecule has 1 N–H and O–H groups in total. The van der Waals surface area contributed by atoms with Gasteiger partial charge in [0.1, 0.15) is 0 Å². The number of hydrogen-bond donors (Lipinski definition) is 1. The first-order chi connectivity index (χ1) is 8.36. The van der Waals surface area contributed by atoms with E-state index in [-0.39, 0.29) is 6.04 Å². The molecule has 0 aliphatic rings. The highest BCUT2D eigenvalue weighted by atomic mass is 35.5. The van der Waals surface area contributed by atoms with Gasteiger partial charge in [-0.3, -0.25) is 0 Å². The average Bonchev–Trinajstić information content (AvgIpc) is 2.28. The van der Waals surface area contributed by atoms with Gasteiger partial charge in [0, 0.05) is 17.3 Å². The zero-order valence-electron chi connectivity index (χ0n) is 11.0. The molecule has 0 fully saturated rings. The van der Waals surface area contributed by atoms with Crippen molar-refractivity contribution in [2.45, 2.75) is 31.6 Å². The van der Waals surface area contributed by atoms with Crippen molar-refractivity contribution in [3.05, 3.63) is 34.9 Å². The number of nitrogens with one attached hydrogen (secondary N) is 1. The first kappa shape index (κ1) is 15.5. The van der Waals surface area contributed by atoms with Crippen molar-refractivity contribution in [1.29, 1.82) is 0 Å². The number of benzene rings is 1. The second-order valence-electron chi connectivity index (χ2n) is 4.52. The summed E-state index contributed by atoms with van der Waals surface area (Å²) in [6, 6.07) is 7.12. The Bertz CT molecular complexity index is 488. The Morgan fingerprint density at radius 1 is 1.39 bits per heavy atom. The lowest BCUT2D eigenvalue weighted by Gasteiger charge is -2.24. The molecule has 0 spiro atoms. The van der Waals surface area contributed by atoms with Crippen LogP contribution in [0.15, 0.2) is 24.3 Å². The summed E-state index contributed by atoms with van der Waals surface area (Å²) in [5.74, 6) is 0. The normalized spacial score (nSPS) is 15.3. The molecule has 1 rings (SSSR count). The molecule has 0 amide bonds. The molecule has 0 radical (unpaired) electrons. The van der Waals surface area contributed by atoms with Gasteiger partial charge in [-0.2, -0.15) is 0 Å². The lowest BCUT2D eigenvalue weighted by Crippen LogP contribution is -2.35. The molecule has 2 unspecified atom stereocenters. The molecule has 0 saturated carbocycles. The molecule has 0 bridgehead atoms. The van der Waals surface area contributed by atoms with Crippen LogP contribution in [0.4, 0.5) is 0 Å². The molecule has 0 saturated heterocycles. The fourth-order valence-electron chi connectivity index (χ4n) is 1.80. The highest BCUT2D eigenvalue weighted by Crippen LogP contribution is 2.24. The molecule has 0 aliphatic heterocycles. The third kappa shape index (κ3) is 4.26. The van der Waals surface area contributed by atoms with E-state index in [2.05, 4.69) is 5.32 Å². The van der Waals surface area contributed by atoms with Gasteiger partial charge in [-0.05, 0) is 37.6 Å². The van der Waals surface area contributed by atoms with Crippen LogP contribution in [0.1, 0.15) is 31.9 Å². The zero-order chi connectivity index (χ0) is 13.8. The van der Waals surface area contributed by atoms with E-state index >= 15 is 0 Å². The van der Waals surface area contributed by atoms with Gasteiger partial charge in [0.2, 0.25) is 0 Å². The lowest BCUT2D eigenvalue weighted by molar-refractivity contribution is 0.500. The summed E-state index contributed by atoms with van der Waals surface area (Å²) in [6.45, 7) is 4.55. The second kappa shape index (κ2) is 6.55. The molecule has 0 heterocycles. The molecule has 102 valence electrons. The predicted molar refractivity (Wildman–Crippen MR) is 76.8 cm³/mol. The molecule has 3 nitrogen and oxygen atoms in total. The van der Waals surface area contributed by atoms with E-state index in [4.69, 9.17) is 11.6 Å². The molecule has 1 aromatic rings. The molecule has 0 aliphatic carbocycles. The smallest absolute Gasteiger partial charge is 0.151 e. The Balaban J connectivity index is 3.05. The molecule has 5 heteroatoms. The van der Waals surface area contributed by atoms with Gasteiger partial charge in [-0.1, -0.05) is 30.7 Å². The van der Waals surface area contributed by atoms with Crippen molar-refractivity contribution in [3.63, 3.8) is 0 Å². The fraction of sp³-hybridized carbons (Fsp3) is 0.538. The third-order valence-corrected chi connectivity index (χ3v) is 4.82. The SMILES string of the molecule is CCCNC(c1cccc(Cl)c1)C(C)S(C)(=O)=O. The summed E-state index contributed by atoms with van der Waals surface area (Å²) >= 11 is 5.96. The quantitative estimate of drug-likeness (QED) is 0.876. The zero-order valence-corrected chi connectivity index (χ0v) is 12.6. The van der Waals surface area contributed by atoms with Gasteiger partial charge in [-0.25, -0.2) is 8.42 Å². The van der Waals surface area contributed by atoms with Crippen molar-refractivity contribution < 1.29 is 8.42 Å². The van der Waals surface area contributed by atoms with E-state index in [1.807, 2.05) is 25.1 Å². The highest BCUT2D eigenvalue weighted by molar-refractivity contribution is 7.91. The first-order valence-electron chi connectivity index (χ1n) is 6.04. The van der Waals surface area contributed by atoms with Gasteiger partial charge in [0.25, 0.3) is 0 Å². The van der Waals surface area contributed by atoms with Crippen LogP contribution in [0.25, 0.3) is 0 Å². The fourth-order valence-corrected chi connectivity index (χ4v) is 2.75. The third-order valence-electron chi connectivity index (χ3n) is 2.97. The molecule has 1 aromatic carbocycles. The maximum Gasteiger partial charge on any atom is 0.151 e. The Labute approximate surface area is 114 Å². The Hall–Kier alpha value is -0.580. The standard InChI is InChI=1S/C13H20ClNO2S/c1-4-8-15-13(10(2)18(3,16)17)11-6-5-7-12(14)9-11/h5-7,9-10,13,15H,4,8H2,1-3H3. The Morgan fingerprint density at radius 2 is 2.06 bits per heavy atom. The van der Waals surface area contributed by atoms with Gasteiger partial charge in [0.15, 0.2) is 9.84 Å². The number of rotatable bonds is 6. The number of sulfone groups is 1. The van der Waals surface area contributed by atoms with Crippen LogP contribution in [0.3, 0.4) is 0 Å². The van der Waals surface area contributed by atoms with Crippen molar-refractivity contribution in [3.8, 4) is 0 Å². The minimum absolute atomic E-state index is 0.223. The van der Waals surface area contributed by atoms with Gasteiger partial charge < -0.3 is 5.32 Å². The van der Waals surface area contributed by atoms with Crippen LogP contribution in [0.2, 0.25) is 5.02 Å². The number of hydrogen-bond acceptors (Lipinski definition) is 3. The maximum absolute atomic E-state index is 11.7. The Kier molecular flexibility index (Phi) is 5.63. The van der Waals surface area contributed by atoms with E-state index in [1.54, 1.807) is 13.0 Å². The molecule has 0 aromatic heterocycles. The van der Waals surface area contributed by atoms with E-state index in [0.717, 1.165) is 18.5 Å². The molecular formula is C13H20ClNO2S. The number of halogens is 1. The summed E-state index contributed by atoms with van der Waals surface area (Å²) in [5, 5.41) is 3.42. The molecular weight excluding hydrogens is 270 g/mol. The van der Waals surface area contributed by atoms with E-state index in [0.29, 0.717) is 5.02 Å². The van der Waals surface area contributed by atoms with Crippen LogP contribution in [0.5, 0.6) is 0 Å². The highest BCUT2D eigenvalue weighted by Gasteiger charge is 2.26. The monoisotopic (exact) mass is 289 g/mol. The van der Waals surface area contributed by atoms with Gasteiger partial charge >= 0.3 is 0 Å². The maximum atomic E-state index is 11.7. The van der Waals surface area contributed by atoms with Crippen LogP contribution in [-0.4, -0.2) is 26.5 Å². The van der Waals surface area contributed by atoms with Crippen LogP contribution < -0.4 is 5.32 Å². The first-order valence-corrected chi connectivity index (χ1v) is 8.37. The summed E-state index contributed by atoms with van der Waals surface area (Å²) in [7, 11) is -3.10. The topological polar surface area (TPSA) is 46.2 Å². The van der Waals surface area contributed by atoms with Crippen LogP contribution in [0, 0.1) is 0 Å². The summed E-state index contributed by atoms with van der Waals surface area (Å²) in [5.41, 5.74) is 0.911. The van der Waals surface area contributed by atoms with Crippen molar-refractivity contribution in [1.82, 2.24) is 5.32 Å². The average molecular weight is 290 g/mol. The summed E-state index contributed by atoms with van der Waals surface area (Å²) in [6.07, 6.45) is 2.22. The predicted octanol–water partition coefficient (Wildman–Crippen LogP) is 2.81. The largest absolute Gasteiger partial charge is 0.309 e. The minimum Gasteiger partial charge on any atom is -0.309 e. The van der Waals surface area contributed by atoms with Gasteiger partial charge in [-0.15, -0.1) is 0 Å². The van der Waals surface area contributed by atoms with E-state index in [9.17, 15) is 8.42 Å². The molecule has 2 atom stereocenters. The van der Waals surface area contributed by atoms with Crippen molar-refractivity contribution in [2.24, 2.45) is 0 Å². The van der Waals surface area contributed by atoms with E-state index in [1.165, 1.54) is 6.26 Å². The second-order valence-corrected chi connectivity index (χ2v) is 7.36. The van der Waals surface area contributed by atoms with Gasteiger partial charge in [0.05, 0.1) is 5.25 Å². The summed E-state index contributed by atoms with van der Waals surface area (Å²) in [4.78, 5) is 0. The van der Waals surface area contributed by atoms with E-state index < -0.39 is 15.1 Å². The Morgan fingerprint density at radius 3 is 2.56 bits per heavy atom. The van der Waals surface area contributed by atoms with Crippen molar-refractivity contribution >= 4 is 21.4 Å².